The van der Waals surface area contributed by atoms with E-state index in [1.54, 1.807) is 4.90 Å². The van der Waals surface area contributed by atoms with Gasteiger partial charge in [0.15, 0.2) is 0 Å². The Balaban J connectivity index is 1.55. The van der Waals surface area contributed by atoms with Gasteiger partial charge in [0.05, 0.1) is 12.2 Å². The van der Waals surface area contributed by atoms with E-state index in [1.807, 2.05) is 6.92 Å². The zero-order valence-corrected chi connectivity index (χ0v) is 12.3. The lowest BCUT2D eigenvalue weighted by Gasteiger charge is -2.38. The van der Waals surface area contributed by atoms with Crippen molar-refractivity contribution in [2.45, 2.75) is 57.3 Å². The molecule has 5 atom stereocenters. The van der Waals surface area contributed by atoms with Gasteiger partial charge in [0.25, 0.3) is 0 Å². The number of β-amino-alcohol motifs (C(OH)–C–C–N with tert-alkyl or cyclic N) is 1. The van der Waals surface area contributed by atoms with Crippen molar-refractivity contribution in [1.82, 2.24) is 10.2 Å². The van der Waals surface area contributed by atoms with Crippen LogP contribution in [0.5, 0.6) is 0 Å². The summed E-state index contributed by atoms with van der Waals surface area (Å²) in [4.78, 5) is 14.1. The molecule has 1 aliphatic carbocycles. The molecule has 20 heavy (non-hydrogen) atoms. The molecule has 2 heterocycles. The number of hydrogen-bond acceptors (Lipinski definition) is 3. The molecule has 3 aliphatic rings. The van der Waals surface area contributed by atoms with Crippen molar-refractivity contribution in [3.8, 4) is 0 Å². The molecule has 0 aromatic carbocycles. The Hall–Kier alpha value is -0.810. The lowest BCUT2D eigenvalue weighted by molar-refractivity contribution is 0.0369. The lowest BCUT2D eigenvalue weighted by Crippen LogP contribution is -2.54. The maximum absolute atomic E-state index is 12.4. The summed E-state index contributed by atoms with van der Waals surface area (Å²) in [5.41, 5.74) is 0. The fraction of sp³-hybridized carbons (Fsp3) is 0.933. The van der Waals surface area contributed by atoms with Crippen LogP contribution in [0.25, 0.3) is 0 Å². The lowest BCUT2D eigenvalue weighted by atomic mass is 9.82. The molecule has 1 saturated carbocycles. The smallest absolute Gasteiger partial charge is 0.317 e. The SMILES string of the molecule is CC1CCN(C(=O)NC2CCCC3OCCC23)CC1O. The minimum absolute atomic E-state index is 0.00602. The zero-order chi connectivity index (χ0) is 14.1. The molecule has 0 radical (unpaired) electrons. The maximum atomic E-state index is 12.4. The van der Waals surface area contributed by atoms with Gasteiger partial charge in [0, 0.05) is 31.7 Å². The number of nitrogens with zero attached hydrogens (tertiary/aromatic N) is 1. The summed E-state index contributed by atoms with van der Waals surface area (Å²) in [5, 5.41) is 13.1. The van der Waals surface area contributed by atoms with E-state index in [0.29, 0.717) is 24.5 Å². The standard InChI is InChI=1S/C15H26N2O3/c1-10-5-7-17(9-13(10)18)15(19)16-12-3-2-4-14-11(12)6-8-20-14/h10-14,18H,2-9H2,1H3,(H,16,19). The number of piperidine rings is 1. The first-order valence-electron chi connectivity index (χ1n) is 8.00. The fourth-order valence-corrected chi connectivity index (χ4v) is 3.84. The molecule has 0 bridgehead atoms. The highest BCUT2D eigenvalue weighted by Gasteiger charge is 2.39. The van der Waals surface area contributed by atoms with E-state index < -0.39 is 0 Å². The van der Waals surface area contributed by atoms with Crippen molar-refractivity contribution < 1.29 is 14.6 Å². The van der Waals surface area contributed by atoms with Gasteiger partial charge in [-0.15, -0.1) is 0 Å². The average Bonchev–Trinajstić information content (AvgIpc) is 2.91. The van der Waals surface area contributed by atoms with Crippen molar-refractivity contribution in [1.29, 1.82) is 0 Å². The quantitative estimate of drug-likeness (QED) is 0.763. The number of carbonyl (C=O) groups excluding carboxylic acids is 1. The maximum Gasteiger partial charge on any atom is 0.317 e. The molecule has 3 fully saturated rings. The number of aliphatic hydroxyl groups is 1. The van der Waals surface area contributed by atoms with Crippen molar-refractivity contribution in [2.75, 3.05) is 19.7 Å². The van der Waals surface area contributed by atoms with E-state index in [4.69, 9.17) is 4.74 Å². The first-order chi connectivity index (χ1) is 9.65. The van der Waals surface area contributed by atoms with Crippen molar-refractivity contribution in [2.24, 2.45) is 11.8 Å². The molecule has 5 unspecified atom stereocenters. The molecule has 0 spiro atoms. The number of rotatable bonds is 1. The first kappa shape index (κ1) is 14.1. The zero-order valence-electron chi connectivity index (χ0n) is 12.3. The number of fused-ring (bicyclic) bond motifs is 1. The number of nitrogens with one attached hydrogen (secondary N) is 1. The predicted molar refractivity (Wildman–Crippen MR) is 75.4 cm³/mol. The van der Waals surface area contributed by atoms with Crippen LogP contribution >= 0.6 is 0 Å². The van der Waals surface area contributed by atoms with Gasteiger partial charge in [-0.05, 0) is 38.0 Å². The molecule has 2 amide bonds. The third kappa shape index (κ3) is 2.79. The number of hydrogen-bond donors (Lipinski definition) is 2. The second-order valence-electron chi connectivity index (χ2n) is 6.63. The highest BCUT2D eigenvalue weighted by molar-refractivity contribution is 5.74. The molecule has 2 aliphatic heterocycles. The van der Waals surface area contributed by atoms with Gasteiger partial charge in [0.2, 0.25) is 0 Å². The van der Waals surface area contributed by atoms with Crippen LogP contribution in [0.1, 0.15) is 39.0 Å². The average molecular weight is 282 g/mol. The first-order valence-corrected chi connectivity index (χ1v) is 8.00. The molecular weight excluding hydrogens is 256 g/mol. The summed E-state index contributed by atoms with van der Waals surface area (Å²) in [7, 11) is 0. The molecular formula is C15H26N2O3. The van der Waals surface area contributed by atoms with Crippen molar-refractivity contribution >= 4 is 6.03 Å². The molecule has 3 rings (SSSR count). The summed E-state index contributed by atoms with van der Waals surface area (Å²) in [6, 6.07) is 0.244. The molecule has 2 saturated heterocycles. The van der Waals surface area contributed by atoms with Gasteiger partial charge in [-0.2, -0.15) is 0 Å². The van der Waals surface area contributed by atoms with Crippen LogP contribution in [0.15, 0.2) is 0 Å². The van der Waals surface area contributed by atoms with E-state index in [9.17, 15) is 9.90 Å². The third-order valence-corrected chi connectivity index (χ3v) is 5.30. The number of aliphatic hydroxyl groups excluding tert-OH is 1. The predicted octanol–water partition coefficient (Wildman–Crippen LogP) is 1.36. The van der Waals surface area contributed by atoms with Crippen molar-refractivity contribution in [3.63, 3.8) is 0 Å². The largest absolute Gasteiger partial charge is 0.391 e. The van der Waals surface area contributed by atoms with Gasteiger partial charge < -0.3 is 20.1 Å². The third-order valence-electron chi connectivity index (χ3n) is 5.30. The van der Waals surface area contributed by atoms with Crippen molar-refractivity contribution in [3.05, 3.63) is 0 Å². The van der Waals surface area contributed by atoms with Gasteiger partial charge in [0.1, 0.15) is 0 Å². The topological polar surface area (TPSA) is 61.8 Å². The summed E-state index contributed by atoms with van der Waals surface area (Å²) in [5.74, 6) is 0.780. The molecule has 5 heteroatoms. The van der Waals surface area contributed by atoms with Gasteiger partial charge in [-0.1, -0.05) is 6.92 Å². The minimum atomic E-state index is -0.386. The Morgan fingerprint density at radius 1 is 1.30 bits per heavy atom. The highest BCUT2D eigenvalue weighted by Crippen LogP contribution is 2.34. The van der Waals surface area contributed by atoms with E-state index in [2.05, 4.69) is 5.32 Å². The number of likely N-dealkylation sites (tertiary alicyclic amines) is 1. The van der Waals surface area contributed by atoms with Crippen LogP contribution in [-0.4, -0.2) is 54.0 Å². The van der Waals surface area contributed by atoms with Gasteiger partial charge >= 0.3 is 6.03 Å². The van der Waals surface area contributed by atoms with Crippen LogP contribution in [0.4, 0.5) is 4.79 Å². The number of urea groups is 1. The van der Waals surface area contributed by atoms with E-state index in [1.165, 1.54) is 0 Å². The molecule has 5 nitrogen and oxygen atoms in total. The monoisotopic (exact) mass is 282 g/mol. The number of carbonyl (C=O) groups is 1. The second kappa shape index (κ2) is 5.90. The fourth-order valence-electron chi connectivity index (χ4n) is 3.84. The summed E-state index contributed by atoms with van der Waals surface area (Å²) >= 11 is 0. The Morgan fingerprint density at radius 2 is 2.15 bits per heavy atom. The Bertz CT molecular complexity index is 363. The summed E-state index contributed by atoms with van der Waals surface area (Å²) in [6.07, 6.45) is 5.24. The highest BCUT2D eigenvalue weighted by atomic mass is 16.5. The van der Waals surface area contributed by atoms with E-state index >= 15 is 0 Å². The van der Waals surface area contributed by atoms with Gasteiger partial charge in [-0.25, -0.2) is 4.79 Å². The summed E-state index contributed by atoms with van der Waals surface area (Å²) in [6.45, 7) is 4.09. The molecule has 0 aromatic rings. The van der Waals surface area contributed by atoms with Crippen LogP contribution in [0.3, 0.4) is 0 Å². The van der Waals surface area contributed by atoms with Crippen LogP contribution in [-0.2, 0) is 4.74 Å². The van der Waals surface area contributed by atoms with E-state index in [0.717, 1.165) is 45.3 Å². The minimum Gasteiger partial charge on any atom is -0.391 e. The van der Waals surface area contributed by atoms with Gasteiger partial charge in [-0.3, -0.25) is 0 Å². The molecule has 114 valence electrons. The van der Waals surface area contributed by atoms with Crippen LogP contribution in [0, 0.1) is 11.8 Å². The molecule has 2 N–H and O–H groups in total. The normalized spacial score (nSPS) is 41.3. The molecule has 0 aromatic heterocycles. The number of ether oxygens (including phenoxy) is 1. The number of amides is 2. The van der Waals surface area contributed by atoms with Crippen LogP contribution in [0.2, 0.25) is 0 Å². The van der Waals surface area contributed by atoms with E-state index in [-0.39, 0.29) is 18.2 Å². The Morgan fingerprint density at radius 3 is 2.95 bits per heavy atom. The Kier molecular flexibility index (Phi) is 4.17. The Labute approximate surface area is 120 Å². The summed E-state index contributed by atoms with van der Waals surface area (Å²) < 4.78 is 5.74. The second-order valence-corrected chi connectivity index (χ2v) is 6.63. The van der Waals surface area contributed by atoms with Crippen LogP contribution < -0.4 is 5.32 Å².